The molecule has 0 saturated heterocycles. The molecule has 2 aliphatic rings. The lowest BCUT2D eigenvalue weighted by atomic mass is 9.70. The predicted molar refractivity (Wildman–Crippen MR) is 198 cm³/mol. The molecule has 1 atom stereocenters. The highest BCUT2D eigenvalue weighted by molar-refractivity contribution is 5.74. The van der Waals surface area contributed by atoms with Crippen molar-refractivity contribution in [3.05, 3.63) is 101 Å². The van der Waals surface area contributed by atoms with Gasteiger partial charge < -0.3 is 0 Å². The van der Waals surface area contributed by atoms with Gasteiger partial charge in [0.1, 0.15) is 5.82 Å². The molecule has 0 N–H and O–H groups in total. The molecule has 1 fully saturated rings. The molecule has 0 aromatic heterocycles. The van der Waals surface area contributed by atoms with E-state index in [2.05, 4.69) is 32.1 Å². The van der Waals surface area contributed by atoms with Crippen LogP contribution < -0.4 is 0 Å². The summed E-state index contributed by atoms with van der Waals surface area (Å²) in [6, 6.07) is 16.3. The van der Waals surface area contributed by atoms with Crippen LogP contribution in [0.15, 0.2) is 72.8 Å². The fourth-order valence-electron chi connectivity index (χ4n) is 8.23. The molecule has 48 heavy (non-hydrogen) atoms. The van der Waals surface area contributed by atoms with E-state index in [4.69, 9.17) is 0 Å². The van der Waals surface area contributed by atoms with Crippen molar-refractivity contribution in [2.45, 2.75) is 129 Å². The Morgan fingerprint density at radius 1 is 0.667 bits per heavy atom. The van der Waals surface area contributed by atoms with Crippen molar-refractivity contribution in [2.24, 2.45) is 17.8 Å². The predicted octanol–water partition coefficient (Wildman–Crippen LogP) is 14.5. The number of benzene rings is 3. The van der Waals surface area contributed by atoms with E-state index in [0.29, 0.717) is 23.1 Å². The average molecular weight is 655 g/mol. The van der Waals surface area contributed by atoms with Gasteiger partial charge in [-0.25, -0.2) is 13.2 Å². The van der Waals surface area contributed by atoms with Gasteiger partial charge in [0.05, 0.1) is 0 Å². The lowest BCUT2D eigenvalue weighted by Crippen LogP contribution is -2.23. The molecular formula is C45H57F3. The summed E-state index contributed by atoms with van der Waals surface area (Å²) in [5.41, 5.74) is 4.83. The monoisotopic (exact) mass is 654 g/mol. The van der Waals surface area contributed by atoms with Gasteiger partial charge in [-0.05, 0) is 116 Å². The van der Waals surface area contributed by atoms with Gasteiger partial charge in [-0.15, -0.1) is 0 Å². The fraction of sp³-hybridized carbons (Fsp3) is 0.511. The molecule has 0 bridgehead atoms. The first-order valence-corrected chi connectivity index (χ1v) is 19.2. The van der Waals surface area contributed by atoms with Gasteiger partial charge in [-0.2, -0.15) is 0 Å². The minimum absolute atomic E-state index is 0.192. The van der Waals surface area contributed by atoms with Crippen molar-refractivity contribution in [3.8, 4) is 22.3 Å². The molecule has 3 aromatic carbocycles. The first-order valence-electron chi connectivity index (χ1n) is 19.2. The van der Waals surface area contributed by atoms with Crippen molar-refractivity contribution in [1.29, 1.82) is 0 Å². The van der Waals surface area contributed by atoms with Crippen molar-refractivity contribution in [3.63, 3.8) is 0 Å². The van der Waals surface area contributed by atoms with Crippen LogP contribution in [0.4, 0.5) is 13.2 Å². The summed E-state index contributed by atoms with van der Waals surface area (Å²) < 4.78 is 45.6. The molecule has 5 rings (SSSR count). The Labute approximate surface area is 289 Å². The highest BCUT2D eigenvalue weighted by atomic mass is 19.2. The maximum absolute atomic E-state index is 15.5. The van der Waals surface area contributed by atoms with Crippen LogP contribution in [-0.2, 0) is 6.42 Å². The molecule has 0 aliphatic heterocycles. The minimum Gasteiger partial charge on any atom is -0.206 e. The van der Waals surface area contributed by atoms with Crippen LogP contribution in [0.5, 0.6) is 0 Å². The summed E-state index contributed by atoms with van der Waals surface area (Å²) in [7, 11) is 0. The smallest absolute Gasteiger partial charge is 0.166 e. The molecule has 1 saturated carbocycles. The molecule has 258 valence electrons. The Kier molecular flexibility index (Phi) is 14.1. The number of allylic oxidation sites excluding steroid dienone is 4. The number of hydrogen-bond donors (Lipinski definition) is 0. The summed E-state index contributed by atoms with van der Waals surface area (Å²) in [5, 5.41) is 0. The maximum atomic E-state index is 15.5. The maximum Gasteiger partial charge on any atom is 0.166 e. The quantitative estimate of drug-likeness (QED) is 0.106. The van der Waals surface area contributed by atoms with E-state index < -0.39 is 11.6 Å². The van der Waals surface area contributed by atoms with Crippen molar-refractivity contribution in [1.82, 2.24) is 0 Å². The first kappa shape index (κ1) is 36.2. The molecule has 0 nitrogen and oxygen atoms in total. The van der Waals surface area contributed by atoms with Crippen molar-refractivity contribution in [2.75, 3.05) is 0 Å². The number of rotatable bonds is 16. The van der Waals surface area contributed by atoms with Crippen molar-refractivity contribution < 1.29 is 13.2 Å². The molecule has 1 unspecified atom stereocenters. The van der Waals surface area contributed by atoms with E-state index in [1.165, 1.54) is 70.6 Å². The van der Waals surface area contributed by atoms with Gasteiger partial charge in [0.25, 0.3) is 0 Å². The number of halogens is 3. The Bertz CT molecular complexity index is 1490. The van der Waals surface area contributed by atoms with Crippen LogP contribution in [0.25, 0.3) is 27.8 Å². The summed E-state index contributed by atoms with van der Waals surface area (Å²) in [6.45, 7) is 4.32. The summed E-state index contributed by atoms with van der Waals surface area (Å²) in [6.07, 6.45) is 27.9. The van der Waals surface area contributed by atoms with Crippen molar-refractivity contribution >= 4 is 5.57 Å². The van der Waals surface area contributed by atoms with Crippen LogP contribution in [0.1, 0.15) is 134 Å². The lowest BCUT2D eigenvalue weighted by molar-refractivity contribution is 0.190. The number of hydrogen-bond acceptors (Lipinski definition) is 0. The van der Waals surface area contributed by atoms with Crippen LogP contribution in [-0.4, -0.2) is 0 Å². The second-order valence-corrected chi connectivity index (χ2v) is 14.6. The molecule has 3 aromatic rings. The molecule has 0 heterocycles. The third-order valence-electron chi connectivity index (χ3n) is 11.3. The zero-order valence-corrected chi connectivity index (χ0v) is 29.5. The minimum atomic E-state index is -0.786. The SMILES string of the molecule is CC=CCCC1CCC(C2CC=C(c3ccc(-c4ccc(-c5ccc(CCCCCCCCCC)c(F)c5F)cc4)cc3F)CC2)CC1. The highest BCUT2D eigenvalue weighted by Gasteiger charge is 2.29. The fourth-order valence-corrected chi connectivity index (χ4v) is 8.23. The lowest BCUT2D eigenvalue weighted by Gasteiger charge is -2.35. The van der Waals surface area contributed by atoms with E-state index in [0.717, 1.165) is 73.0 Å². The third-order valence-corrected chi connectivity index (χ3v) is 11.3. The Balaban J connectivity index is 1.14. The Morgan fingerprint density at radius 2 is 1.33 bits per heavy atom. The van der Waals surface area contributed by atoms with Gasteiger partial charge in [-0.1, -0.05) is 131 Å². The summed E-state index contributed by atoms with van der Waals surface area (Å²) in [5.74, 6) is 0.729. The second kappa shape index (κ2) is 18.6. The topological polar surface area (TPSA) is 0 Å². The van der Waals surface area contributed by atoms with E-state index in [-0.39, 0.29) is 11.4 Å². The van der Waals surface area contributed by atoms with Crippen LogP contribution >= 0.6 is 0 Å². The number of aryl methyl sites for hydroxylation is 1. The molecule has 0 radical (unpaired) electrons. The zero-order chi connectivity index (χ0) is 33.7. The standard InChI is InChI=1S/C45H57F3/c1-3-5-7-8-9-10-11-13-15-39-28-31-42(45(48)44(39)47)38-26-22-36(23-27-38)40-29-30-41(43(46)32-40)37-24-20-35(21-25-37)34-18-16-33(17-19-34)14-12-6-4-2/h4,6,22-24,26-35H,3,5,7-21,25H2,1-2H3. The third kappa shape index (κ3) is 9.76. The summed E-state index contributed by atoms with van der Waals surface area (Å²) >= 11 is 0. The van der Waals surface area contributed by atoms with Gasteiger partial charge in [0.2, 0.25) is 0 Å². The highest BCUT2D eigenvalue weighted by Crippen LogP contribution is 2.42. The van der Waals surface area contributed by atoms with Crippen LogP contribution in [0, 0.1) is 35.2 Å². The van der Waals surface area contributed by atoms with E-state index in [1.807, 2.05) is 24.3 Å². The van der Waals surface area contributed by atoms with E-state index in [9.17, 15) is 4.39 Å². The van der Waals surface area contributed by atoms with E-state index in [1.54, 1.807) is 30.3 Å². The Hall–Kier alpha value is -3.07. The molecule has 0 amide bonds. The summed E-state index contributed by atoms with van der Waals surface area (Å²) in [4.78, 5) is 0. The molecule has 2 aliphatic carbocycles. The van der Waals surface area contributed by atoms with Gasteiger partial charge in [0.15, 0.2) is 11.6 Å². The van der Waals surface area contributed by atoms with Gasteiger partial charge in [0, 0.05) is 11.1 Å². The van der Waals surface area contributed by atoms with Gasteiger partial charge >= 0.3 is 0 Å². The second-order valence-electron chi connectivity index (χ2n) is 14.6. The van der Waals surface area contributed by atoms with E-state index >= 15 is 8.78 Å². The largest absolute Gasteiger partial charge is 0.206 e. The van der Waals surface area contributed by atoms with Crippen LogP contribution in [0.2, 0.25) is 0 Å². The first-order chi connectivity index (χ1) is 23.5. The molecular weight excluding hydrogens is 597 g/mol. The van der Waals surface area contributed by atoms with Crippen LogP contribution in [0.3, 0.4) is 0 Å². The normalized spacial score (nSPS) is 19.9. The number of unbranched alkanes of at least 4 members (excludes halogenated alkanes) is 7. The molecule has 3 heteroatoms. The average Bonchev–Trinajstić information content (AvgIpc) is 3.12. The zero-order valence-electron chi connectivity index (χ0n) is 29.5. The molecule has 0 spiro atoms. The van der Waals surface area contributed by atoms with Gasteiger partial charge in [-0.3, -0.25) is 0 Å². The Morgan fingerprint density at radius 3 is 2.00 bits per heavy atom.